The van der Waals surface area contributed by atoms with Gasteiger partial charge in [-0.1, -0.05) is 13.0 Å². The smallest absolute Gasteiger partial charge is 0.224 e. The van der Waals surface area contributed by atoms with Gasteiger partial charge >= 0.3 is 0 Å². The van der Waals surface area contributed by atoms with E-state index in [1.807, 2.05) is 13.0 Å². The third kappa shape index (κ3) is 3.81. The molecule has 1 unspecified atom stereocenters. The molecule has 0 radical (unpaired) electrons. The summed E-state index contributed by atoms with van der Waals surface area (Å²) in [6, 6.07) is 5.13. The highest BCUT2D eigenvalue weighted by Crippen LogP contribution is 2.12. The quantitative estimate of drug-likeness (QED) is 0.874. The van der Waals surface area contributed by atoms with E-state index >= 15 is 0 Å². The Morgan fingerprint density at radius 3 is 2.56 bits per heavy atom. The fourth-order valence-electron chi connectivity index (χ4n) is 1.55. The molecule has 18 heavy (non-hydrogen) atoms. The molecule has 0 aromatic heterocycles. The normalized spacial score (nSPS) is 11.7. The Bertz CT molecular complexity index is 448. The van der Waals surface area contributed by atoms with Gasteiger partial charge in [0.25, 0.3) is 0 Å². The summed E-state index contributed by atoms with van der Waals surface area (Å²) in [4.78, 5) is 11.6. The van der Waals surface area contributed by atoms with E-state index in [1.54, 1.807) is 0 Å². The summed E-state index contributed by atoms with van der Waals surface area (Å²) >= 11 is 0. The lowest BCUT2D eigenvalue weighted by Gasteiger charge is -2.13. The molecule has 1 aromatic carbocycles. The maximum atomic E-state index is 13.3. The van der Waals surface area contributed by atoms with Gasteiger partial charge in [-0.2, -0.15) is 5.26 Å². The molecule has 1 rings (SSSR count). The van der Waals surface area contributed by atoms with Crippen LogP contribution >= 0.6 is 0 Å². The SMILES string of the molecule is CCC(CC#N)NC(=O)Cc1c(F)cccc1F. The van der Waals surface area contributed by atoms with Crippen molar-refractivity contribution in [3.63, 3.8) is 0 Å². The number of carbonyl (C=O) groups is 1. The molecule has 0 heterocycles. The predicted octanol–water partition coefficient (Wildman–Crippen LogP) is 2.32. The van der Waals surface area contributed by atoms with Gasteiger partial charge in [0.15, 0.2) is 0 Å². The zero-order valence-electron chi connectivity index (χ0n) is 10.0. The van der Waals surface area contributed by atoms with Crippen molar-refractivity contribution in [2.45, 2.75) is 32.2 Å². The second kappa shape index (κ2) is 6.70. The predicted molar refractivity (Wildman–Crippen MR) is 62.5 cm³/mol. The summed E-state index contributed by atoms with van der Waals surface area (Å²) in [7, 11) is 0. The number of hydrogen-bond acceptors (Lipinski definition) is 2. The van der Waals surface area contributed by atoms with Crippen LogP contribution in [-0.4, -0.2) is 11.9 Å². The summed E-state index contributed by atoms with van der Waals surface area (Å²) in [5.41, 5.74) is -0.248. The van der Waals surface area contributed by atoms with Crippen LogP contribution in [0.15, 0.2) is 18.2 Å². The topological polar surface area (TPSA) is 52.9 Å². The Morgan fingerprint density at radius 2 is 2.06 bits per heavy atom. The molecule has 1 amide bonds. The number of carbonyl (C=O) groups excluding carboxylic acids is 1. The van der Waals surface area contributed by atoms with Crippen molar-refractivity contribution >= 4 is 5.91 Å². The van der Waals surface area contributed by atoms with Gasteiger partial charge < -0.3 is 5.32 Å². The van der Waals surface area contributed by atoms with Gasteiger partial charge in [0.2, 0.25) is 5.91 Å². The zero-order valence-corrected chi connectivity index (χ0v) is 10.0. The number of nitrogens with zero attached hydrogens (tertiary/aromatic N) is 1. The first-order valence-electron chi connectivity index (χ1n) is 5.67. The highest BCUT2D eigenvalue weighted by atomic mass is 19.1. The van der Waals surface area contributed by atoms with Gasteiger partial charge in [-0.05, 0) is 18.6 Å². The first-order valence-corrected chi connectivity index (χ1v) is 5.67. The summed E-state index contributed by atoms with van der Waals surface area (Å²) in [5.74, 6) is -1.96. The van der Waals surface area contributed by atoms with Crippen molar-refractivity contribution in [2.24, 2.45) is 0 Å². The van der Waals surface area contributed by atoms with Gasteiger partial charge in [-0.15, -0.1) is 0 Å². The average Bonchev–Trinajstić information content (AvgIpc) is 2.33. The van der Waals surface area contributed by atoms with Crippen molar-refractivity contribution in [2.75, 3.05) is 0 Å². The van der Waals surface area contributed by atoms with E-state index in [1.165, 1.54) is 6.07 Å². The minimum Gasteiger partial charge on any atom is -0.352 e. The van der Waals surface area contributed by atoms with E-state index in [2.05, 4.69) is 5.32 Å². The first-order chi connectivity index (χ1) is 8.58. The Morgan fingerprint density at radius 1 is 1.44 bits per heavy atom. The average molecular weight is 252 g/mol. The molecule has 5 heteroatoms. The van der Waals surface area contributed by atoms with Crippen molar-refractivity contribution in [1.29, 1.82) is 5.26 Å². The number of halogens is 2. The lowest BCUT2D eigenvalue weighted by Crippen LogP contribution is -2.35. The molecule has 0 aliphatic carbocycles. The van der Waals surface area contributed by atoms with Crippen molar-refractivity contribution < 1.29 is 13.6 Å². The van der Waals surface area contributed by atoms with E-state index in [-0.39, 0.29) is 24.4 Å². The Balaban J connectivity index is 2.68. The molecule has 1 aromatic rings. The fraction of sp³-hybridized carbons (Fsp3) is 0.385. The van der Waals surface area contributed by atoms with E-state index in [9.17, 15) is 13.6 Å². The molecule has 1 N–H and O–H groups in total. The Hall–Kier alpha value is -1.96. The standard InChI is InChI=1S/C13H14F2N2O/c1-2-9(6-7-16)17-13(18)8-10-11(14)4-3-5-12(10)15/h3-5,9H,2,6,8H2,1H3,(H,17,18). The van der Waals surface area contributed by atoms with Crippen LogP contribution in [0.2, 0.25) is 0 Å². The van der Waals surface area contributed by atoms with Crippen molar-refractivity contribution in [3.8, 4) is 6.07 Å². The van der Waals surface area contributed by atoms with E-state index in [4.69, 9.17) is 5.26 Å². The van der Waals surface area contributed by atoms with Gasteiger partial charge in [-0.25, -0.2) is 8.78 Å². The van der Waals surface area contributed by atoms with Crippen LogP contribution < -0.4 is 5.32 Å². The highest BCUT2D eigenvalue weighted by molar-refractivity contribution is 5.79. The molecule has 1 atom stereocenters. The molecule has 0 aliphatic heterocycles. The largest absolute Gasteiger partial charge is 0.352 e. The number of hydrogen-bond donors (Lipinski definition) is 1. The maximum Gasteiger partial charge on any atom is 0.224 e. The maximum absolute atomic E-state index is 13.3. The molecule has 0 bridgehead atoms. The van der Waals surface area contributed by atoms with Crippen molar-refractivity contribution in [1.82, 2.24) is 5.32 Å². The molecular formula is C13H14F2N2O. The summed E-state index contributed by atoms with van der Waals surface area (Å²) in [6.07, 6.45) is 0.418. The molecule has 0 aliphatic rings. The monoisotopic (exact) mass is 252 g/mol. The molecule has 0 saturated carbocycles. The number of benzene rings is 1. The summed E-state index contributed by atoms with van der Waals surface area (Å²) in [6.45, 7) is 1.83. The van der Waals surface area contributed by atoms with Crippen molar-refractivity contribution in [3.05, 3.63) is 35.4 Å². The third-order valence-corrected chi connectivity index (χ3v) is 2.59. The highest BCUT2D eigenvalue weighted by Gasteiger charge is 2.15. The van der Waals surface area contributed by atoms with Crippen LogP contribution in [0, 0.1) is 23.0 Å². The fourth-order valence-corrected chi connectivity index (χ4v) is 1.55. The van der Waals surface area contributed by atoms with Gasteiger partial charge in [0.1, 0.15) is 11.6 Å². The Labute approximate surface area is 104 Å². The van der Waals surface area contributed by atoms with Crippen LogP contribution in [0.5, 0.6) is 0 Å². The lowest BCUT2D eigenvalue weighted by atomic mass is 10.1. The van der Waals surface area contributed by atoms with Crippen LogP contribution in [0.1, 0.15) is 25.3 Å². The van der Waals surface area contributed by atoms with Crippen LogP contribution in [-0.2, 0) is 11.2 Å². The van der Waals surface area contributed by atoms with Gasteiger partial charge in [0.05, 0.1) is 18.9 Å². The number of rotatable bonds is 5. The molecule has 3 nitrogen and oxygen atoms in total. The van der Waals surface area contributed by atoms with Gasteiger partial charge in [-0.3, -0.25) is 4.79 Å². The molecular weight excluding hydrogens is 238 g/mol. The minimum atomic E-state index is -0.738. The minimum absolute atomic E-state index is 0.183. The zero-order chi connectivity index (χ0) is 13.5. The molecule has 96 valence electrons. The first kappa shape index (κ1) is 14.1. The van der Waals surface area contributed by atoms with Crippen LogP contribution in [0.4, 0.5) is 8.78 Å². The third-order valence-electron chi connectivity index (χ3n) is 2.59. The second-order valence-corrected chi connectivity index (χ2v) is 3.91. The number of amides is 1. The summed E-state index contributed by atoms with van der Waals surface area (Å²) < 4.78 is 26.6. The molecule has 0 spiro atoms. The van der Waals surface area contributed by atoms with E-state index in [0.717, 1.165) is 12.1 Å². The van der Waals surface area contributed by atoms with Crippen LogP contribution in [0.3, 0.4) is 0 Å². The molecule has 0 fully saturated rings. The van der Waals surface area contributed by atoms with E-state index in [0.29, 0.717) is 6.42 Å². The van der Waals surface area contributed by atoms with Gasteiger partial charge in [0, 0.05) is 11.6 Å². The van der Waals surface area contributed by atoms with Crippen LogP contribution in [0.25, 0.3) is 0 Å². The summed E-state index contributed by atoms with van der Waals surface area (Å²) in [5, 5.41) is 11.1. The van der Waals surface area contributed by atoms with E-state index < -0.39 is 17.5 Å². The molecule has 0 saturated heterocycles. The lowest BCUT2D eigenvalue weighted by molar-refractivity contribution is -0.121. The Kier molecular flexibility index (Phi) is 5.25. The number of nitrogens with one attached hydrogen (secondary N) is 1. The number of nitriles is 1. The second-order valence-electron chi connectivity index (χ2n) is 3.91.